The lowest BCUT2D eigenvalue weighted by molar-refractivity contribution is -0.122. The Bertz CT molecular complexity index is 1010. The summed E-state index contributed by atoms with van der Waals surface area (Å²) in [7, 11) is 3.82. The highest BCUT2D eigenvalue weighted by Gasteiger charge is 2.34. The number of hydrogen-bond donors (Lipinski definition) is 2. The highest BCUT2D eigenvalue weighted by atomic mass is 32.1. The van der Waals surface area contributed by atoms with E-state index < -0.39 is 17.8 Å². The summed E-state index contributed by atoms with van der Waals surface area (Å²) in [6.07, 6.45) is 1.48. The molecule has 28 heavy (non-hydrogen) atoms. The van der Waals surface area contributed by atoms with Gasteiger partial charge in [-0.15, -0.1) is 0 Å². The molecule has 8 heteroatoms. The summed E-state index contributed by atoms with van der Waals surface area (Å²) in [6, 6.07) is 13.1. The SMILES string of the molecule is CN(C)c1ccc(C=C2C(=O)NC(=S)N(c3cccc(C(=O)O)c3)C2=O)cc1. The second-order valence-corrected chi connectivity index (χ2v) is 6.69. The van der Waals surface area contributed by atoms with Crippen LogP contribution in [0.3, 0.4) is 0 Å². The standard InChI is InChI=1S/C20H17N3O4S/c1-22(2)14-8-6-12(7-9-14)10-16-17(24)21-20(28)23(18(16)25)15-5-3-4-13(11-15)19(26)27/h3-11H,1-2H3,(H,26,27)(H,21,24,28). The number of carbonyl (C=O) groups excluding carboxylic acids is 2. The van der Waals surface area contributed by atoms with Crippen LogP contribution in [0.25, 0.3) is 6.08 Å². The fraction of sp³-hybridized carbons (Fsp3) is 0.100. The minimum Gasteiger partial charge on any atom is -0.478 e. The summed E-state index contributed by atoms with van der Waals surface area (Å²) in [5.74, 6) is -2.34. The average molecular weight is 395 g/mol. The Balaban J connectivity index is 1.98. The van der Waals surface area contributed by atoms with E-state index in [0.717, 1.165) is 10.6 Å². The number of thiocarbonyl (C=S) groups is 1. The molecule has 2 aromatic rings. The molecule has 2 aromatic carbocycles. The van der Waals surface area contributed by atoms with Gasteiger partial charge in [-0.2, -0.15) is 0 Å². The van der Waals surface area contributed by atoms with E-state index in [4.69, 9.17) is 17.3 Å². The minimum atomic E-state index is -1.13. The smallest absolute Gasteiger partial charge is 0.335 e. The van der Waals surface area contributed by atoms with Gasteiger partial charge in [0.25, 0.3) is 11.8 Å². The molecule has 142 valence electrons. The summed E-state index contributed by atoms with van der Waals surface area (Å²) < 4.78 is 0. The largest absolute Gasteiger partial charge is 0.478 e. The molecule has 0 radical (unpaired) electrons. The molecule has 1 aliphatic heterocycles. The maximum atomic E-state index is 13.0. The van der Waals surface area contributed by atoms with Gasteiger partial charge in [-0.3, -0.25) is 19.8 Å². The highest BCUT2D eigenvalue weighted by Crippen LogP contribution is 2.23. The summed E-state index contributed by atoms with van der Waals surface area (Å²) in [4.78, 5) is 39.6. The molecule has 2 N–H and O–H groups in total. The van der Waals surface area contributed by atoms with Crippen molar-refractivity contribution in [1.82, 2.24) is 5.32 Å². The van der Waals surface area contributed by atoms with E-state index in [-0.39, 0.29) is 21.9 Å². The Morgan fingerprint density at radius 2 is 1.82 bits per heavy atom. The van der Waals surface area contributed by atoms with Crippen molar-refractivity contribution in [3.63, 3.8) is 0 Å². The number of benzene rings is 2. The Morgan fingerprint density at radius 1 is 1.14 bits per heavy atom. The van der Waals surface area contributed by atoms with Crippen LogP contribution in [-0.4, -0.2) is 42.1 Å². The molecule has 1 heterocycles. The van der Waals surface area contributed by atoms with Crippen LogP contribution in [0, 0.1) is 0 Å². The van der Waals surface area contributed by atoms with E-state index in [9.17, 15) is 14.4 Å². The minimum absolute atomic E-state index is 0.00908. The number of amides is 2. The highest BCUT2D eigenvalue weighted by molar-refractivity contribution is 7.80. The monoisotopic (exact) mass is 395 g/mol. The van der Waals surface area contributed by atoms with Crippen molar-refractivity contribution in [3.8, 4) is 0 Å². The maximum Gasteiger partial charge on any atom is 0.335 e. The van der Waals surface area contributed by atoms with Gasteiger partial charge < -0.3 is 10.0 Å². The van der Waals surface area contributed by atoms with Gasteiger partial charge in [0, 0.05) is 19.8 Å². The zero-order valence-corrected chi connectivity index (χ0v) is 16.0. The van der Waals surface area contributed by atoms with Crippen LogP contribution in [0.4, 0.5) is 11.4 Å². The van der Waals surface area contributed by atoms with Gasteiger partial charge >= 0.3 is 5.97 Å². The number of anilines is 2. The van der Waals surface area contributed by atoms with Crippen molar-refractivity contribution in [2.75, 3.05) is 23.9 Å². The Hall–Kier alpha value is -3.52. The molecular weight excluding hydrogens is 378 g/mol. The number of nitrogens with zero attached hydrogens (tertiary/aromatic N) is 2. The summed E-state index contributed by atoms with van der Waals surface area (Å²) in [5, 5.41) is 11.6. The van der Waals surface area contributed by atoms with Crippen LogP contribution < -0.4 is 15.1 Å². The van der Waals surface area contributed by atoms with Gasteiger partial charge in [0.05, 0.1) is 11.3 Å². The summed E-state index contributed by atoms with van der Waals surface area (Å²) in [6.45, 7) is 0. The average Bonchev–Trinajstić information content (AvgIpc) is 2.65. The van der Waals surface area contributed by atoms with Crippen LogP contribution in [0.2, 0.25) is 0 Å². The first kappa shape index (κ1) is 19.2. The Labute approximate surface area is 166 Å². The predicted molar refractivity (Wildman–Crippen MR) is 110 cm³/mol. The molecule has 2 amide bonds. The zero-order valence-electron chi connectivity index (χ0n) is 15.2. The van der Waals surface area contributed by atoms with E-state index >= 15 is 0 Å². The molecule has 1 aliphatic rings. The van der Waals surface area contributed by atoms with Gasteiger partial charge in [0.2, 0.25) is 0 Å². The van der Waals surface area contributed by atoms with E-state index in [2.05, 4.69) is 5.32 Å². The fourth-order valence-electron chi connectivity index (χ4n) is 2.71. The molecule has 1 saturated heterocycles. The second-order valence-electron chi connectivity index (χ2n) is 6.30. The number of hydrogen-bond acceptors (Lipinski definition) is 5. The molecule has 7 nitrogen and oxygen atoms in total. The van der Waals surface area contributed by atoms with E-state index in [1.807, 2.05) is 31.1 Å². The van der Waals surface area contributed by atoms with Crippen LogP contribution >= 0.6 is 12.2 Å². The Kier molecular flexibility index (Phi) is 5.23. The third kappa shape index (κ3) is 3.77. The van der Waals surface area contributed by atoms with Crippen LogP contribution in [0.5, 0.6) is 0 Å². The molecule has 0 aliphatic carbocycles. The van der Waals surface area contributed by atoms with Gasteiger partial charge in [0.1, 0.15) is 5.57 Å². The van der Waals surface area contributed by atoms with E-state index in [1.54, 1.807) is 18.2 Å². The zero-order chi connectivity index (χ0) is 20.4. The lowest BCUT2D eigenvalue weighted by Crippen LogP contribution is -2.54. The third-order valence-electron chi connectivity index (χ3n) is 4.17. The van der Waals surface area contributed by atoms with Gasteiger partial charge in [-0.05, 0) is 54.2 Å². The fourth-order valence-corrected chi connectivity index (χ4v) is 2.99. The maximum absolute atomic E-state index is 13.0. The van der Waals surface area contributed by atoms with Crippen molar-refractivity contribution in [2.45, 2.75) is 0 Å². The molecular formula is C20H17N3O4S. The summed E-state index contributed by atoms with van der Waals surface area (Å²) in [5.41, 5.74) is 1.84. The van der Waals surface area contributed by atoms with Crippen LogP contribution in [-0.2, 0) is 9.59 Å². The first-order valence-corrected chi connectivity index (χ1v) is 8.71. The van der Waals surface area contributed by atoms with E-state index in [0.29, 0.717) is 5.56 Å². The van der Waals surface area contributed by atoms with Gasteiger partial charge in [0.15, 0.2) is 5.11 Å². The number of nitrogens with one attached hydrogen (secondary N) is 1. The molecule has 1 fully saturated rings. The van der Waals surface area contributed by atoms with Crippen molar-refractivity contribution >= 4 is 52.6 Å². The Morgan fingerprint density at radius 3 is 2.43 bits per heavy atom. The third-order valence-corrected chi connectivity index (χ3v) is 4.46. The molecule has 0 saturated carbocycles. The van der Waals surface area contributed by atoms with Gasteiger partial charge in [-0.1, -0.05) is 18.2 Å². The number of carbonyl (C=O) groups is 3. The van der Waals surface area contributed by atoms with Crippen molar-refractivity contribution in [2.24, 2.45) is 0 Å². The topological polar surface area (TPSA) is 90.0 Å². The first-order valence-electron chi connectivity index (χ1n) is 8.30. The van der Waals surface area contributed by atoms with Crippen molar-refractivity contribution in [3.05, 3.63) is 65.2 Å². The number of carboxylic acids is 1. The number of rotatable bonds is 4. The second kappa shape index (κ2) is 7.61. The molecule has 0 bridgehead atoms. The molecule has 0 spiro atoms. The molecule has 0 unspecified atom stereocenters. The van der Waals surface area contributed by atoms with Crippen molar-refractivity contribution < 1.29 is 19.5 Å². The van der Waals surface area contributed by atoms with Crippen LogP contribution in [0.1, 0.15) is 15.9 Å². The first-order chi connectivity index (χ1) is 13.3. The summed E-state index contributed by atoms with van der Waals surface area (Å²) >= 11 is 5.13. The van der Waals surface area contributed by atoms with Crippen molar-refractivity contribution in [1.29, 1.82) is 0 Å². The van der Waals surface area contributed by atoms with Crippen LogP contribution in [0.15, 0.2) is 54.1 Å². The number of aromatic carboxylic acids is 1. The quantitative estimate of drug-likeness (QED) is 0.469. The molecule has 0 aromatic heterocycles. The lowest BCUT2D eigenvalue weighted by Gasteiger charge is -2.29. The molecule has 0 atom stereocenters. The van der Waals surface area contributed by atoms with Gasteiger partial charge in [-0.25, -0.2) is 4.79 Å². The lowest BCUT2D eigenvalue weighted by atomic mass is 10.1. The van der Waals surface area contributed by atoms with E-state index in [1.165, 1.54) is 24.3 Å². The normalized spacial score (nSPS) is 15.6. The predicted octanol–water partition coefficient (Wildman–Crippen LogP) is 2.28. The number of carboxylic acid groups (broad SMARTS) is 1. The molecule has 3 rings (SSSR count).